The van der Waals surface area contributed by atoms with Crippen LogP contribution in [0, 0.1) is 0 Å². The van der Waals surface area contributed by atoms with Gasteiger partial charge in [-0.1, -0.05) is 0 Å². The van der Waals surface area contributed by atoms with E-state index in [0.717, 1.165) is 37.8 Å². The van der Waals surface area contributed by atoms with Crippen molar-refractivity contribution in [2.45, 2.75) is 0 Å². The van der Waals surface area contributed by atoms with Gasteiger partial charge in [0.2, 0.25) is 11.8 Å². The molecule has 2 aromatic heterocycles. The molecule has 104 valence electrons. The van der Waals surface area contributed by atoms with Gasteiger partial charge in [0, 0.05) is 38.4 Å². The van der Waals surface area contributed by atoms with E-state index in [0.29, 0.717) is 5.88 Å². The molecule has 1 saturated heterocycles. The zero-order valence-corrected chi connectivity index (χ0v) is 11.3. The predicted octanol–water partition coefficient (Wildman–Crippen LogP) is 0.602. The van der Waals surface area contributed by atoms with Crippen LogP contribution in [-0.2, 0) is 0 Å². The fourth-order valence-corrected chi connectivity index (χ4v) is 2.23. The van der Waals surface area contributed by atoms with E-state index in [1.807, 2.05) is 6.07 Å². The van der Waals surface area contributed by atoms with E-state index >= 15 is 0 Å². The zero-order valence-electron chi connectivity index (χ0n) is 11.3. The molecule has 20 heavy (non-hydrogen) atoms. The van der Waals surface area contributed by atoms with Crippen LogP contribution >= 0.6 is 0 Å². The van der Waals surface area contributed by atoms with Gasteiger partial charge in [0.25, 0.3) is 0 Å². The third kappa shape index (κ3) is 2.61. The number of nitrogens with zero attached hydrogens (tertiary/aromatic N) is 6. The molecule has 1 fully saturated rings. The van der Waals surface area contributed by atoms with Crippen LogP contribution in [0.15, 0.2) is 30.7 Å². The highest BCUT2D eigenvalue weighted by Gasteiger charge is 2.19. The van der Waals surface area contributed by atoms with Gasteiger partial charge < -0.3 is 14.5 Å². The highest BCUT2D eigenvalue weighted by Crippen LogP contribution is 2.17. The first-order valence-electron chi connectivity index (χ1n) is 6.50. The molecule has 0 spiro atoms. The highest BCUT2D eigenvalue weighted by atomic mass is 16.5. The zero-order chi connectivity index (χ0) is 13.8. The summed E-state index contributed by atoms with van der Waals surface area (Å²) in [4.78, 5) is 13.1. The molecule has 3 heterocycles. The van der Waals surface area contributed by atoms with Crippen LogP contribution in [0.25, 0.3) is 0 Å². The Hall–Kier alpha value is -2.44. The van der Waals surface area contributed by atoms with Crippen LogP contribution in [-0.4, -0.2) is 53.5 Å². The van der Waals surface area contributed by atoms with Crippen molar-refractivity contribution in [3.8, 4) is 5.88 Å². The normalized spacial score (nSPS) is 15.2. The second-order valence-electron chi connectivity index (χ2n) is 4.47. The topological polar surface area (TPSA) is 67.3 Å². The average molecular weight is 272 g/mol. The molecular weight excluding hydrogens is 256 g/mol. The Morgan fingerprint density at radius 1 is 1.00 bits per heavy atom. The summed E-state index contributed by atoms with van der Waals surface area (Å²) in [6.45, 7) is 3.56. The smallest absolute Gasteiger partial charge is 0.228 e. The van der Waals surface area contributed by atoms with Gasteiger partial charge in [0.15, 0.2) is 0 Å². The van der Waals surface area contributed by atoms with Gasteiger partial charge in [-0.3, -0.25) is 0 Å². The van der Waals surface area contributed by atoms with Gasteiger partial charge in [0.1, 0.15) is 0 Å². The Morgan fingerprint density at radius 3 is 2.50 bits per heavy atom. The molecule has 7 nitrogen and oxygen atoms in total. The molecule has 0 aromatic carbocycles. The Balaban J connectivity index is 1.66. The number of ether oxygens (including phenoxy) is 1. The van der Waals surface area contributed by atoms with Crippen LogP contribution in [0.3, 0.4) is 0 Å². The Bertz CT molecular complexity index is 556. The summed E-state index contributed by atoms with van der Waals surface area (Å²) < 4.78 is 5.13. The molecule has 2 aromatic rings. The summed E-state index contributed by atoms with van der Waals surface area (Å²) in [5.41, 5.74) is 1.10. The molecule has 0 N–H and O–H groups in total. The first-order valence-corrected chi connectivity index (χ1v) is 6.50. The SMILES string of the molecule is COc1ccnc(N2CCN(c3ccnnc3)CC2)n1. The van der Waals surface area contributed by atoms with Crippen molar-refractivity contribution in [1.82, 2.24) is 20.2 Å². The van der Waals surface area contributed by atoms with Gasteiger partial charge in [-0.25, -0.2) is 4.98 Å². The summed E-state index contributed by atoms with van der Waals surface area (Å²) >= 11 is 0. The Morgan fingerprint density at radius 2 is 1.80 bits per heavy atom. The van der Waals surface area contributed by atoms with Crippen molar-refractivity contribution in [2.75, 3.05) is 43.1 Å². The van der Waals surface area contributed by atoms with E-state index in [1.54, 1.807) is 31.8 Å². The summed E-state index contributed by atoms with van der Waals surface area (Å²) in [6, 6.07) is 3.73. The number of anilines is 2. The lowest BCUT2D eigenvalue weighted by Crippen LogP contribution is -2.47. The largest absolute Gasteiger partial charge is 0.481 e. The summed E-state index contributed by atoms with van der Waals surface area (Å²) in [5, 5.41) is 7.71. The molecular formula is C13H16N6O. The third-order valence-corrected chi connectivity index (χ3v) is 3.32. The van der Waals surface area contributed by atoms with Gasteiger partial charge in [0.05, 0.1) is 25.2 Å². The molecule has 0 atom stereocenters. The van der Waals surface area contributed by atoms with E-state index in [2.05, 4.69) is 30.0 Å². The molecule has 1 aliphatic rings. The van der Waals surface area contributed by atoms with Gasteiger partial charge >= 0.3 is 0 Å². The van der Waals surface area contributed by atoms with Crippen LogP contribution in [0.5, 0.6) is 5.88 Å². The van der Waals surface area contributed by atoms with Crippen LogP contribution in [0.4, 0.5) is 11.6 Å². The fourth-order valence-electron chi connectivity index (χ4n) is 2.23. The molecule has 0 bridgehead atoms. The van der Waals surface area contributed by atoms with Crippen molar-refractivity contribution < 1.29 is 4.74 Å². The minimum atomic E-state index is 0.593. The molecule has 7 heteroatoms. The lowest BCUT2D eigenvalue weighted by atomic mass is 10.3. The fraction of sp³-hybridized carbons (Fsp3) is 0.385. The van der Waals surface area contributed by atoms with Gasteiger partial charge in [-0.15, -0.1) is 0 Å². The Labute approximate surface area is 117 Å². The van der Waals surface area contributed by atoms with E-state index in [1.165, 1.54) is 0 Å². The summed E-state index contributed by atoms with van der Waals surface area (Å²) in [5.74, 6) is 1.31. The Kier molecular flexibility index (Phi) is 3.58. The summed E-state index contributed by atoms with van der Waals surface area (Å²) in [6.07, 6.45) is 5.23. The van der Waals surface area contributed by atoms with Crippen molar-refractivity contribution in [3.63, 3.8) is 0 Å². The van der Waals surface area contributed by atoms with E-state index < -0.39 is 0 Å². The van der Waals surface area contributed by atoms with Crippen molar-refractivity contribution >= 4 is 11.6 Å². The molecule has 0 unspecified atom stereocenters. The second-order valence-corrected chi connectivity index (χ2v) is 4.47. The maximum atomic E-state index is 5.13. The molecule has 1 aliphatic heterocycles. The number of methoxy groups -OCH3 is 1. The maximum Gasteiger partial charge on any atom is 0.228 e. The third-order valence-electron chi connectivity index (χ3n) is 3.32. The quantitative estimate of drug-likeness (QED) is 0.810. The highest BCUT2D eigenvalue weighted by molar-refractivity contribution is 5.45. The lowest BCUT2D eigenvalue weighted by Gasteiger charge is -2.35. The predicted molar refractivity (Wildman–Crippen MR) is 75.0 cm³/mol. The monoisotopic (exact) mass is 272 g/mol. The van der Waals surface area contributed by atoms with E-state index in [-0.39, 0.29) is 0 Å². The van der Waals surface area contributed by atoms with Gasteiger partial charge in [-0.05, 0) is 6.07 Å². The second kappa shape index (κ2) is 5.68. The molecule has 0 amide bonds. The number of hydrogen-bond acceptors (Lipinski definition) is 7. The number of rotatable bonds is 3. The minimum absolute atomic E-state index is 0.593. The maximum absolute atomic E-state index is 5.13. The first-order chi connectivity index (χ1) is 9.86. The standard InChI is InChI=1S/C13H16N6O/c1-20-12-3-4-14-13(17-12)19-8-6-18(7-9-19)11-2-5-15-16-10-11/h2-5,10H,6-9H2,1H3. The number of aromatic nitrogens is 4. The summed E-state index contributed by atoms with van der Waals surface area (Å²) in [7, 11) is 1.61. The number of hydrogen-bond donors (Lipinski definition) is 0. The first kappa shape index (κ1) is 12.6. The van der Waals surface area contributed by atoms with Crippen molar-refractivity contribution in [2.24, 2.45) is 0 Å². The van der Waals surface area contributed by atoms with Crippen LogP contribution in [0.2, 0.25) is 0 Å². The van der Waals surface area contributed by atoms with Crippen LogP contribution < -0.4 is 14.5 Å². The molecule has 0 saturated carbocycles. The van der Waals surface area contributed by atoms with Crippen molar-refractivity contribution in [3.05, 3.63) is 30.7 Å². The average Bonchev–Trinajstić information content (AvgIpc) is 2.56. The minimum Gasteiger partial charge on any atom is -0.481 e. The van der Waals surface area contributed by atoms with Crippen molar-refractivity contribution in [1.29, 1.82) is 0 Å². The van der Waals surface area contributed by atoms with E-state index in [9.17, 15) is 0 Å². The molecule has 0 radical (unpaired) electrons. The number of piperazine rings is 1. The molecule has 0 aliphatic carbocycles. The molecule has 3 rings (SSSR count). The van der Waals surface area contributed by atoms with E-state index in [4.69, 9.17) is 4.74 Å². The lowest BCUT2D eigenvalue weighted by molar-refractivity contribution is 0.396. The van der Waals surface area contributed by atoms with Gasteiger partial charge in [-0.2, -0.15) is 15.2 Å². The van der Waals surface area contributed by atoms with Crippen LogP contribution in [0.1, 0.15) is 0 Å².